The summed E-state index contributed by atoms with van der Waals surface area (Å²) in [6.45, 7) is 0.934. The van der Waals surface area contributed by atoms with Crippen LogP contribution in [0.15, 0.2) is 4.79 Å². The fourth-order valence-corrected chi connectivity index (χ4v) is 2.85. The van der Waals surface area contributed by atoms with Crippen molar-refractivity contribution in [3.63, 3.8) is 0 Å². The van der Waals surface area contributed by atoms with Gasteiger partial charge < -0.3 is 0 Å². The molecular weight excluding hydrogens is 232 g/mol. The number of piperidine rings is 1. The van der Waals surface area contributed by atoms with Gasteiger partial charge in [-0.2, -0.15) is 5.10 Å². The van der Waals surface area contributed by atoms with Crippen molar-refractivity contribution in [3.8, 4) is 0 Å². The molecule has 0 spiro atoms. The van der Waals surface area contributed by atoms with E-state index in [4.69, 9.17) is 0 Å². The molecule has 1 atom stereocenters. The Morgan fingerprint density at radius 1 is 1.50 bits per heavy atom. The van der Waals surface area contributed by atoms with E-state index >= 15 is 0 Å². The maximum Gasteiger partial charge on any atom is 0.340 e. The minimum Gasteiger partial charge on any atom is -0.293 e. The number of sulfonamides is 1. The Labute approximate surface area is 92.9 Å². The van der Waals surface area contributed by atoms with Crippen molar-refractivity contribution in [3.05, 3.63) is 16.3 Å². The van der Waals surface area contributed by atoms with Gasteiger partial charge in [0.25, 0.3) is 0 Å². The summed E-state index contributed by atoms with van der Waals surface area (Å²) < 4.78 is 24.2. The van der Waals surface area contributed by atoms with Crippen molar-refractivity contribution in [2.45, 2.75) is 18.8 Å². The van der Waals surface area contributed by atoms with Crippen LogP contribution in [0.5, 0.6) is 0 Å². The Balaban J connectivity index is 2.16. The molecule has 1 aromatic rings. The topological polar surface area (TPSA) is 98.9 Å². The molecule has 1 saturated heterocycles. The molecule has 1 aliphatic heterocycles. The lowest BCUT2D eigenvalue weighted by Crippen LogP contribution is -2.38. The molecule has 16 heavy (non-hydrogen) atoms. The van der Waals surface area contributed by atoms with Gasteiger partial charge >= 0.3 is 5.69 Å². The van der Waals surface area contributed by atoms with Crippen LogP contribution in [0.25, 0.3) is 0 Å². The molecule has 0 aliphatic carbocycles. The molecule has 0 saturated carbocycles. The van der Waals surface area contributed by atoms with Gasteiger partial charge in [-0.25, -0.2) is 22.6 Å². The lowest BCUT2D eigenvalue weighted by Gasteiger charge is -2.29. The third kappa shape index (κ3) is 2.33. The van der Waals surface area contributed by atoms with E-state index in [-0.39, 0.29) is 11.6 Å². The van der Waals surface area contributed by atoms with Gasteiger partial charge in [0.2, 0.25) is 10.0 Å². The van der Waals surface area contributed by atoms with Crippen LogP contribution in [0.4, 0.5) is 0 Å². The normalized spacial score (nSPS) is 23.4. The van der Waals surface area contributed by atoms with Crippen molar-refractivity contribution in [1.82, 2.24) is 19.5 Å². The molecule has 1 aliphatic rings. The minimum absolute atomic E-state index is 0.0255. The lowest BCUT2D eigenvalue weighted by atomic mass is 9.99. The Bertz CT molecular complexity index is 517. The number of nitrogens with one attached hydrogen (secondary N) is 2. The number of H-pyrrole nitrogens is 2. The largest absolute Gasteiger partial charge is 0.340 e. The quantitative estimate of drug-likeness (QED) is 0.716. The predicted molar refractivity (Wildman–Crippen MR) is 57.6 cm³/mol. The van der Waals surface area contributed by atoms with E-state index in [0.29, 0.717) is 18.9 Å². The molecule has 1 fully saturated rings. The van der Waals surface area contributed by atoms with Gasteiger partial charge in [0, 0.05) is 19.0 Å². The molecule has 1 aromatic heterocycles. The van der Waals surface area contributed by atoms with Crippen molar-refractivity contribution >= 4 is 10.0 Å². The van der Waals surface area contributed by atoms with Crippen LogP contribution < -0.4 is 5.69 Å². The molecule has 8 heteroatoms. The van der Waals surface area contributed by atoms with Crippen LogP contribution in [0.2, 0.25) is 0 Å². The van der Waals surface area contributed by atoms with Crippen molar-refractivity contribution in [2.75, 3.05) is 19.3 Å². The zero-order valence-corrected chi connectivity index (χ0v) is 9.75. The number of aromatic nitrogens is 3. The standard InChI is InChI=1S/C8H14N4O3S/c1-16(14,15)12-4-2-3-6(5-12)7-9-8(13)11-10-7/h6H,2-5H2,1H3,(H2,9,10,11,13). The van der Waals surface area contributed by atoms with Crippen LogP contribution in [0.1, 0.15) is 24.6 Å². The van der Waals surface area contributed by atoms with Crippen molar-refractivity contribution < 1.29 is 8.42 Å². The van der Waals surface area contributed by atoms with E-state index in [2.05, 4.69) is 15.2 Å². The maximum absolute atomic E-state index is 11.4. The second kappa shape index (κ2) is 4.02. The third-order valence-electron chi connectivity index (χ3n) is 2.76. The number of rotatable bonds is 2. The molecule has 0 aromatic carbocycles. The summed E-state index contributed by atoms with van der Waals surface area (Å²) in [4.78, 5) is 13.5. The number of hydrogen-bond acceptors (Lipinski definition) is 4. The molecule has 2 N–H and O–H groups in total. The Hall–Kier alpha value is -1.15. The summed E-state index contributed by atoms with van der Waals surface area (Å²) in [5.74, 6) is 0.515. The van der Waals surface area contributed by atoms with Gasteiger partial charge in [-0.1, -0.05) is 0 Å². The van der Waals surface area contributed by atoms with Crippen LogP contribution in [-0.2, 0) is 10.0 Å². The van der Waals surface area contributed by atoms with Crippen LogP contribution in [-0.4, -0.2) is 47.2 Å². The summed E-state index contributed by atoms with van der Waals surface area (Å²) >= 11 is 0. The van der Waals surface area contributed by atoms with E-state index in [1.165, 1.54) is 10.6 Å². The van der Waals surface area contributed by atoms with Gasteiger partial charge in [-0.15, -0.1) is 0 Å². The smallest absolute Gasteiger partial charge is 0.293 e. The molecule has 0 bridgehead atoms. The van der Waals surface area contributed by atoms with Gasteiger partial charge in [0.15, 0.2) is 0 Å². The van der Waals surface area contributed by atoms with E-state index in [9.17, 15) is 13.2 Å². The maximum atomic E-state index is 11.4. The molecule has 90 valence electrons. The van der Waals surface area contributed by atoms with Crippen LogP contribution >= 0.6 is 0 Å². The Morgan fingerprint density at radius 2 is 2.25 bits per heavy atom. The van der Waals surface area contributed by atoms with Gasteiger partial charge in [-0.3, -0.25) is 4.98 Å². The van der Waals surface area contributed by atoms with Crippen molar-refractivity contribution in [1.29, 1.82) is 0 Å². The zero-order chi connectivity index (χ0) is 11.8. The molecule has 2 heterocycles. The predicted octanol–water partition coefficient (Wildman–Crippen LogP) is -0.763. The highest BCUT2D eigenvalue weighted by Crippen LogP contribution is 2.24. The van der Waals surface area contributed by atoms with Crippen molar-refractivity contribution in [2.24, 2.45) is 0 Å². The highest BCUT2D eigenvalue weighted by Gasteiger charge is 2.28. The van der Waals surface area contributed by atoms with E-state index in [1.54, 1.807) is 0 Å². The van der Waals surface area contributed by atoms with Gasteiger partial charge in [-0.05, 0) is 12.8 Å². The van der Waals surface area contributed by atoms with Gasteiger partial charge in [0.05, 0.1) is 6.26 Å². The average molecular weight is 246 g/mol. The van der Waals surface area contributed by atoms with Crippen LogP contribution in [0.3, 0.4) is 0 Å². The molecule has 1 unspecified atom stereocenters. The lowest BCUT2D eigenvalue weighted by molar-refractivity contribution is 0.311. The first-order valence-electron chi connectivity index (χ1n) is 5.06. The summed E-state index contributed by atoms with van der Waals surface area (Å²) in [5, 5.41) is 6.13. The average Bonchev–Trinajstić information content (AvgIpc) is 2.64. The van der Waals surface area contributed by atoms with E-state index in [0.717, 1.165) is 12.8 Å². The van der Waals surface area contributed by atoms with E-state index in [1.807, 2.05) is 0 Å². The van der Waals surface area contributed by atoms with Gasteiger partial charge in [0.1, 0.15) is 5.82 Å². The molecule has 2 rings (SSSR count). The monoisotopic (exact) mass is 246 g/mol. The SMILES string of the molecule is CS(=O)(=O)N1CCCC(c2n[nH]c(=O)[nH]2)C1. The number of nitrogens with zero attached hydrogens (tertiary/aromatic N) is 2. The summed E-state index contributed by atoms with van der Waals surface area (Å²) in [6, 6.07) is 0. The summed E-state index contributed by atoms with van der Waals surface area (Å²) in [7, 11) is -3.16. The number of aromatic amines is 2. The first-order chi connectivity index (χ1) is 7.47. The summed E-state index contributed by atoms with van der Waals surface area (Å²) in [5.41, 5.74) is -0.355. The number of hydrogen-bond donors (Lipinski definition) is 2. The Morgan fingerprint density at radius 3 is 2.81 bits per heavy atom. The second-order valence-electron chi connectivity index (χ2n) is 4.02. The molecular formula is C8H14N4O3S. The van der Waals surface area contributed by atoms with Crippen LogP contribution in [0, 0.1) is 0 Å². The molecule has 0 radical (unpaired) electrons. The minimum atomic E-state index is -3.16. The third-order valence-corrected chi connectivity index (χ3v) is 4.03. The fraction of sp³-hybridized carbons (Fsp3) is 0.750. The summed E-state index contributed by atoms with van der Waals surface area (Å²) in [6.07, 6.45) is 2.82. The first-order valence-corrected chi connectivity index (χ1v) is 6.91. The highest BCUT2D eigenvalue weighted by molar-refractivity contribution is 7.88. The fourth-order valence-electron chi connectivity index (χ4n) is 1.94. The molecule has 7 nitrogen and oxygen atoms in total. The first kappa shape index (κ1) is 11.3. The second-order valence-corrected chi connectivity index (χ2v) is 6.01. The highest BCUT2D eigenvalue weighted by atomic mass is 32.2. The van der Waals surface area contributed by atoms with E-state index < -0.39 is 10.0 Å². The zero-order valence-electron chi connectivity index (χ0n) is 8.93. The Kier molecular flexibility index (Phi) is 2.85. The molecule has 0 amide bonds.